The third kappa shape index (κ3) is 7.54. The molecule has 1 aliphatic heterocycles. The van der Waals surface area contributed by atoms with Crippen molar-refractivity contribution < 1.29 is 23.1 Å². The van der Waals surface area contributed by atoms with Crippen LogP contribution in [0.4, 0.5) is 8.78 Å². The van der Waals surface area contributed by atoms with Crippen molar-refractivity contribution in [2.24, 2.45) is 0 Å². The van der Waals surface area contributed by atoms with Gasteiger partial charge in [0, 0.05) is 47.5 Å². The molecule has 51 heavy (non-hydrogen) atoms. The number of benzene rings is 4. The molecule has 10 heteroatoms. The number of fused-ring (bicyclic) bond motifs is 1. The molecule has 1 saturated heterocycles. The van der Waals surface area contributed by atoms with Crippen LogP contribution in [0, 0.1) is 11.2 Å². The molecule has 2 amide bonds. The van der Waals surface area contributed by atoms with Crippen LogP contribution >= 0.6 is 11.6 Å². The van der Waals surface area contributed by atoms with Crippen LogP contribution in [0.3, 0.4) is 0 Å². The van der Waals surface area contributed by atoms with Crippen molar-refractivity contribution in [2.45, 2.75) is 70.9 Å². The molecule has 1 fully saturated rings. The van der Waals surface area contributed by atoms with Gasteiger partial charge in [0.05, 0.1) is 17.1 Å². The van der Waals surface area contributed by atoms with Crippen molar-refractivity contribution in [3.8, 4) is 5.75 Å². The first-order valence-electron chi connectivity index (χ1n) is 17.3. The molecule has 7 nitrogen and oxygen atoms in total. The number of hydrogen-bond acceptors (Lipinski definition) is 4. The van der Waals surface area contributed by atoms with E-state index in [0.29, 0.717) is 29.1 Å². The zero-order chi connectivity index (χ0) is 35.6. The number of hydrogen-bond donors (Lipinski definition) is 2. The minimum atomic E-state index is -1.37. The highest BCUT2D eigenvalue weighted by molar-refractivity contribution is 6.30. The molecule has 0 radical (unpaired) electrons. The number of carbonyl (C=O) groups is 2. The Morgan fingerprint density at radius 3 is 2.43 bits per heavy atom. The minimum Gasteiger partial charge on any atom is -0.489 e. The lowest BCUT2D eigenvalue weighted by Gasteiger charge is -2.24. The molecular formula is C41H39ClF2N4O3. The summed E-state index contributed by atoms with van der Waals surface area (Å²) < 4.78 is 37.2. The van der Waals surface area contributed by atoms with Crippen molar-refractivity contribution in [2.75, 3.05) is 6.54 Å². The second kappa shape index (κ2) is 14.7. The molecule has 4 aromatic carbocycles. The van der Waals surface area contributed by atoms with Gasteiger partial charge in [0.15, 0.2) is 0 Å². The van der Waals surface area contributed by atoms with E-state index in [2.05, 4.69) is 47.8 Å². The fourth-order valence-electron chi connectivity index (χ4n) is 7.14. The first-order chi connectivity index (χ1) is 24.6. The summed E-state index contributed by atoms with van der Waals surface area (Å²) in [6.45, 7) is 1.53. The number of nitrogens with zero attached hydrogens (tertiary/aromatic N) is 2. The maximum Gasteiger partial charge on any atom is 0.243 e. The zero-order valence-electron chi connectivity index (χ0n) is 28.4. The summed E-state index contributed by atoms with van der Waals surface area (Å²) in [5.74, 6) is -1.02. The quantitative estimate of drug-likeness (QED) is 0.155. The monoisotopic (exact) mass is 708 g/mol. The third-order valence-electron chi connectivity index (χ3n) is 9.99. The highest BCUT2D eigenvalue weighted by Crippen LogP contribution is 2.29. The molecule has 2 N–H and O–H groups in total. The normalized spacial score (nSPS) is 17.0. The molecule has 262 valence electrons. The number of ether oxygens (including phenoxy) is 1. The van der Waals surface area contributed by atoms with E-state index in [4.69, 9.17) is 21.7 Å². The van der Waals surface area contributed by atoms with Crippen LogP contribution in [0.2, 0.25) is 5.02 Å². The van der Waals surface area contributed by atoms with E-state index >= 15 is 0 Å². The molecule has 5 aliphatic rings. The average molecular weight is 709 g/mol. The van der Waals surface area contributed by atoms with Crippen LogP contribution < -0.4 is 10.1 Å². The molecule has 10 rings (SSSR count). The van der Waals surface area contributed by atoms with Crippen molar-refractivity contribution in [1.82, 2.24) is 14.8 Å². The summed E-state index contributed by atoms with van der Waals surface area (Å²) in [6.07, 6.45) is 3.97. The van der Waals surface area contributed by atoms with Gasteiger partial charge < -0.3 is 24.9 Å². The largest absolute Gasteiger partial charge is 0.489 e. The summed E-state index contributed by atoms with van der Waals surface area (Å²) in [7, 11) is 0. The molecule has 2 heterocycles. The van der Waals surface area contributed by atoms with Gasteiger partial charge in [0.25, 0.3) is 0 Å². The second-order valence-electron chi connectivity index (χ2n) is 13.5. The summed E-state index contributed by atoms with van der Waals surface area (Å²) in [5, 5.41) is 11.7. The number of aromatic nitrogens is 1. The molecule has 4 aliphatic carbocycles. The Morgan fingerprint density at radius 1 is 0.941 bits per heavy atom. The zero-order valence-corrected chi connectivity index (χ0v) is 29.1. The Labute approximate surface area is 300 Å². The number of amides is 2. The van der Waals surface area contributed by atoms with E-state index in [1.165, 1.54) is 39.3 Å². The van der Waals surface area contributed by atoms with E-state index in [1.54, 1.807) is 23.8 Å². The number of carbonyl (C=O) groups excluding carboxylic acids is 2. The minimum absolute atomic E-state index is 0.0635. The summed E-state index contributed by atoms with van der Waals surface area (Å²) in [4.78, 5) is 28.2. The van der Waals surface area contributed by atoms with Crippen LogP contribution in [0.25, 0.3) is 10.9 Å². The smallest absolute Gasteiger partial charge is 0.243 e. The van der Waals surface area contributed by atoms with Gasteiger partial charge in [-0.3, -0.25) is 9.59 Å². The molecular weight excluding hydrogens is 670 g/mol. The van der Waals surface area contributed by atoms with Crippen molar-refractivity contribution in [3.05, 3.63) is 135 Å². The number of aryl methyl sites for hydroxylation is 4. The molecule has 0 saturated carbocycles. The van der Waals surface area contributed by atoms with Gasteiger partial charge in [-0.05, 0) is 78.6 Å². The van der Waals surface area contributed by atoms with Crippen LogP contribution in [0.5, 0.6) is 5.75 Å². The molecule has 1 aromatic heterocycles. The van der Waals surface area contributed by atoms with Crippen LogP contribution in [-0.2, 0) is 55.0 Å². The lowest BCUT2D eigenvalue weighted by molar-refractivity contribution is -0.139. The Morgan fingerprint density at radius 2 is 1.67 bits per heavy atom. The predicted octanol–water partition coefficient (Wildman–Crippen LogP) is 7.54. The van der Waals surface area contributed by atoms with Gasteiger partial charge in [-0.2, -0.15) is 0 Å². The van der Waals surface area contributed by atoms with E-state index in [-0.39, 0.29) is 36.6 Å². The van der Waals surface area contributed by atoms with Crippen LogP contribution in [0.1, 0.15) is 52.3 Å². The van der Waals surface area contributed by atoms with Gasteiger partial charge in [-0.25, -0.2) is 8.78 Å². The first-order valence-corrected chi connectivity index (χ1v) is 17.6. The fraction of sp³-hybridized carbons (Fsp3) is 0.293. The lowest BCUT2D eigenvalue weighted by atomic mass is 9.93. The standard InChI is InChI=1S/C41H39ClF2N4O3/c1-25(45)35-22-47(23-39(49)48-21-32(43)18-38(48)41(50)46-20-30-3-2-4-36(42)40(30)44)37-19-33(15-16-34(35)37)51-24-31-17-28-10-9-26-5-7-27(8-6-26)11-13-29(31)14-12-28/h2-8,12,14-17,19,22,32,38,45H,9-11,13,18,20-21,23-24H2,1H3,(H,46,50)/t32-,38+/m1/s1. The molecule has 4 bridgehead atoms. The second-order valence-corrected chi connectivity index (χ2v) is 13.9. The van der Waals surface area contributed by atoms with Gasteiger partial charge in [-0.1, -0.05) is 66.2 Å². The topological polar surface area (TPSA) is 87.4 Å². The lowest BCUT2D eigenvalue weighted by Crippen LogP contribution is -2.46. The number of rotatable bonds is 9. The summed E-state index contributed by atoms with van der Waals surface area (Å²) in [5.41, 5.74) is 8.16. The maximum absolute atomic E-state index is 14.7. The Balaban J connectivity index is 1.08. The van der Waals surface area contributed by atoms with Gasteiger partial charge in [0.2, 0.25) is 11.8 Å². The van der Waals surface area contributed by atoms with Gasteiger partial charge in [0.1, 0.15) is 36.9 Å². The molecule has 0 unspecified atom stereocenters. The van der Waals surface area contributed by atoms with Crippen molar-refractivity contribution >= 4 is 40.0 Å². The predicted molar refractivity (Wildman–Crippen MR) is 195 cm³/mol. The Hall–Kier alpha value is -5.02. The first kappa shape index (κ1) is 34.4. The number of alkyl halides is 1. The number of halogens is 3. The molecule has 0 spiro atoms. The fourth-order valence-corrected chi connectivity index (χ4v) is 7.33. The van der Waals surface area contributed by atoms with E-state index in [0.717, 1.165) is 36.6 Å². The molecule has 5 aromatic rings. The van der Waals surface area contributed by atoms with Crippen molar-refractivity contribution in [3.63, 3.8) is 0 Å². The SMILES string of the molecule is CC(=N)c1cn(CC(=O)N2C[C@H](F)C[C@H]2C(=O)NCc2cccc(Cl)c2F)c2cc(OCc3cc4ccc3CCc3ccc(cc3)CC4)ccc12. The van der Waals surface area contributed by atoms with Crippen LogP contribution in [0.15, 0.2) is 85.1 Å². The van der Waals surface area contributed by atoms with E-state index in [1.807, 2.05) is 18.2 Å². The Bertz CT molecular complexity index is 2130. The third-order valence-corrected chi connectivity index (χ3v) is 10.3. The van der Waals surface area contributed by atoms with Gasteiger partial charge in [-0.15, -0.1) is 0 Å². The van der Waals surface area contributed by atoms with E-state index < -0.39 is 29.8 Å². The molecule has 2 atom stereocenters. The summed E-state index contributed by atoms with van der Waals surface area (Å²) in [6, 6.07) is 24.6. The highest BCUT2D eigenvalue weighted by Gasteiger charge is 2.39. The maximum atomic E-state index is 14.7. The van der Waals surface area contributed by atoms with Gasteiger partial charge >= 0.3 is 0 Å². The number of nitrogens with one attached hydrogen (secondary N) is 2. The summed E-state index contributed by atoms with van der Waals surface area (Å²) >= 11 is 5.87. The van der Waals surface area contributed by atoms with Crippen molar-refractivity contribution in [1.29, 1.82) is 5.41 Å². The van der Waals surface area contributed by atoms with E-state index in [9.17, 15) is 18.4 Å². The number of likely N-dealkylation sites (tertiary alicyclic amines) is 1. The Kier molecular flexibility index (Phi) is 9.91. The van der Waals surface area contributed by atoms with Crippen LogP contribution in [-0.4, -0.2) is 45.8 Å². The highest BCUT2D eigenvalue weighted by atomic mass is 35.5. The average Bonchev–Trinajstić information content (AvgIpc) is 3.69.